The molecular weight excluding hydrogens is 240 g/mol. The van der Waals surface area contributed by atoms with Gasteiger partial charge in [-0.25, -0.2) is 0 Å². The van der Waals surface area contributed by atoms with Gasteiger partial charge in [-0.1, -0.05) is 0 Å². The van der Waals surface area contributed by atoms with E-state index in [-0.39, 0.29) is 5.78 Å². The Labute approximate surface area is 111 Å². The number of rotatable bonds is 4. The molecule has 0 aliphatic rings. The molecule has 0 fully saturated rings. The molecule has 0 saturated heterocycles. The number of nitrogens with one attached hydrogen (secondary N) is 1. The zero-order valence-electron chi connectivity index (χ0n) is 10.8. The Hall–Kier alpha value is -2.61. The molecule has 0 aliphatic carbocycles. The molecule has 96 valence electrons. The number of carbonyl (C=O) groups is 1. The Morgan fingerprint density at radius 3 is 2.89 bits per heavy atom. The van der Waals surface area contributed by atoms with Gasteiger partial charge >= 0.3 is 0 Å². The number of nitrogens with zero attached hydrogens (tertiary/aromatic N) is 3. The van der Waals surface area contributed by atoms with Crippen molar-refractivity contribution in [3.8, 4) is 6.07 Å². The fraction of sp³-hybridized carbons (Fsp3) is 0.214. The van der Waals surface area contributed by atoms with Gasteiger partial charge in [0.15, 0.2) is 5.78 Å². The third-order valence-electron chi connectivity index (χ3n) is 2.79. The molecule has 1 aromatic carbocycles. The maximum absolute atomic E-state index is 11.4. The van der Waals surface area contributed by atoms with Gasteiger partial charge in [-0.15, -0.1) is 0 Å². The van der Waals surface area contributed by atoms with Crippen molar-refractivity contribution in [2.24, 2.45) is 7.05 Å². The van der Waals surface area contributed by atoms with Crippen molar-refractivity contribution in [2.75, 3.05) is 5.32 Å². The minimum absolute atomic E-state index is 0.0195. The summed E-state index contributed by atoms with van der Waals surface area (Å²) in [5, 5.41) is 16.3. The second-order valence-corrected chi connectivity index (χ2v) is 4.30. The fourth-order valence-electron chi connectivity index (χ4n) is 1.77. The monoisotopic (exact) mass is 254 g/mol. The SMILES string of the molecule is CC(=O)c1ccc(C#N)c(NCc2cnn(C)c2)c1. The molecule has 1 aromatic heterocycles. The van der Waals surface area contributed by atoms with E-state index in [1.807, 2.05) is 13.2 Å². The number of aromatic nitrogens is 2. The van der Waals surface area contributed by atoms with E-state index < -0.39 is 0 Å². The Morgan fingerprint density at radius 2 is 2.32 bits per heavy atom. The van der Waals surface area contributed by atoms with Gasteiger partial charge in [-0.2, -0.15) is 10.4 Å². The topological polar surface area (TPSA) is 70.7 Å². The highest BCUT2D eigenvalue weighted by Gasteiger charge is 2.06. The van der Waals surface area contributed by atoms with Gasteiger partial charge in [0.05, 0.1) is 17.4 Å². The number of hydrogen-bond acceptors (Lipinski definition) is 4. The number of anilines is 1. The molecule has 5 heteroatoms. The van der Waals surface area contributed by atoms with Gasteiger partial charge in [0.25, 0.3) is 0 Å². The molecule has 0 saturated carbocycles. The van der Waals surface area contributed by atoms with Crippen molar-refractivity contribution in [2.45, 2.75) is 13.5 Å². The molecule has 0 spiro atoms. The predicted molar refractivity (Wildman–Crippen MR) is 71.7 cm³/mol. The van der Waals surface area contributed by atoms with Crippen LogP contribution in [0.5, 0.6) is 0 Å². The summed E-state index contributed by atoms with van der Waals surface area (Å²) in [4.78, 5) is 11.4. The molecule has 1 heterocycles. The summed E-state index contributed by atoms with van der Waals surface area (Å²) in [6.45, 7) is 2.07. The summed E-state index contributed by atoms with van der Waals surface area (Å²) in [5.41, 5.74) is 2.79. The average Bonchev–Trinajstić information content (AvgIpc) is 2.81. The molecule has 5 nitrogen and oxygen atoms in total. The lowest BCUT2D eigenvalue weighted by Crippen LogP contribution is -2.02. The first-order valence-electron chi connectivity index (χ1n) is 5.86. The second kappa shape index (κ2) is 5.36. The molecule has 0 amide bonds. The van der Waals surface area contributed by atoms with Gasteiger partial charge in [-0.3, -0.25) is 9.48 Å². The fourth-order valence-corrected chi connectivity index (χ4v) is 1.77. The predicted octanol–water partition coefficient (Wildman–Crippen LogP) is 2.11. The van der Waals surface area contributed by atoms with Crippen LogP contribution in [0.1, 0.15) is 28.4 Å². The van der Waals surface area contributed by atoms with Crippen LogP contribution < -0.4 is 5.32 Å². The Kier molecular flexibility index (Phi) is 3.62. The highest BCUT2D eigenvalue weighted by atomic mass is 16.1. The van der Waals surface area contributed by atoms with Crippen molar-refractivity contribution in [1.29, 1.82) is 5.26 Å². The van der Waals surface area contributed by atoms with Gasteiger partial charge in [0, 0.05) is 30.9 Å². The van der Waals surface area contributed by atoms with Crippen molar-refractivity contribution in [3.05, 3.63) is 47.3 Å². The summed E-state index contributed by atoms with van der Waals surface area (Å²) >= 11 is 0. The zero-order valence-corrected chi connectivity index (χ0v) is 10.8. The van der Waals surface area contributed by atoms with Crippen LogP contribution in [-0.2, 0) is 13.6 Å². The first-order valence-corrected chi connectivity index (χ1v) is 5.86. The van der Waals surface area contributed by atoms with Crippen molar-refractivity contribution >= 4 is 11.5 Å². The second-order valence-electron chi connectivity index (χ2n) is 4.30. The van der Waals surface area contributed by atoms with Crippen LogP contribution >= 0.6 is 0 Å². The Bertz CT molecular complexity index is 652. The number of nitriles is 1. The molecule has 0 aliphatic heterocycles. The molecule has 2 rings (SSSR count). The Balaban J connectivity index is 2.20. The standard InChI is InChI=1S/C14H14N4O/c1-10(19)12-3-4-13(6-15)14(5-12)16-7-11-8-17-18(2)9-11/h3-5,8-9,16H,7H2,1-2H3. The molecule has 2 aromatic rings. The van der Waals surface area contributed by atoms with Crippen LogP contribution in [-0.4, -0.2) is 15.6 Å². The number of hydrogen-bond donors (Lipinski definition) is 1. The Morgan fingerprint density at radius 1 is 1.53 bits per heavy atom. The molecule has 19 heavy (non-hydrogen) atoms. The minimum atomic E-state index is -0.0195. The van der Waals surface area contributed by atoms with Crippen LogP contribution in [0.15, 0.2) is 30.6 Å². The molecule has 0 unspecified atom stereocenters. The van der Waals surface area contributed by atoms with E-state index in [1.165, 1.54) is 6.92 Å². The van der Waals surface area contributed by atoms with E-state index >= 15 is 0 Å². The molecular formula is C14H14N4O. The van der Waals surface area contributed by atoms with Crippen LogP contribution in [0, 0.1) is 11.3 Å². The third kappa shape index (κ3) is 2.99. The van der Waals surface area contributed by atoms with Crippen molar-refractivity contribution in [3.63, 3.8) is 0 Å². The molecule has 0 radical (unpaired) electrons. The van der Waals surface area contributed by atoms with E-state index in [0.717, 1.165) is 5.56 Å². The number of ketones is 1. The van der Waals surface area contributed by atoms with E-state index in [1.54, 1.807) is 29.1 Å². The lowest BCUT2D eigenvalue weighted by Gasteiger charge is -2.08. The maximum Gasteiger partial charge on any atom is 0.159 e. The van der Waals surface area contributed by atoms with Gasteiger partial charge in [0.1, 0.15) is 6.07 Å². The smallest absolute Gasteiger partial charge is 0.159 e. The average molecular weight is 254 g/mol. The number of aryl methyl sites for hydroxylation is 1. The van der Waals surface area contributed by atoms with Crippen molar-refractivity contribution < 1.29 is 4.79 Å². The summed E-state index contributed by atoms with van der Waals surface area (Å²) in [6.07, 6.45) is 3.65. The van der Waals surface area contributed by atoms with E-state index in [0.29, 0.717) is 23.4 Å². The van der Waals surface area contributed by atoms with Gasteiger partial charge < -0.3 is 5.32 Å². The summed E-state index contributed by atoms with van der Waals surface area (Å²) < 4.78 is 1.72. The number of benzene rings is 1. The number of carbonyl (C=O) groups excluding carboxylic acids is 1. The largest absolute Gasteiger partial charge is 0.380 e. The van der Waals surface area contributed by atoms with Gasteiger partial charge in [0.2, 0.25) is 0 Å². The molecule has 0 atom stereocenters. The number of Topliss-reactive ketones (excluding diaryl/α,β-unsaturated/α-hetero) is 1. The summed E-state index contributed by atoms with van der Waals surface area (Å²) in [6, 6.07) is 7.13. The quantitative estimate of drug-likeness (QED) is 0.848. The van der Waals surface area contributed by atoms with E-state index in [4.69, 9.17) is 5.26 Å². The lowest BCUT2D eigenvalue weighted by molar-refractivity contribution is 0.101. The molecule has 0 bridgehead atoms. The zero-order chi connectivity index (χ0) is 13.8. The summed E-state index contributed by atoms with van der Waals surface area (Å²) in [5.74, 6) is -0.0195. The highest BCUT2D eigenvalue weighted by Crippen LogP contribution is 2.18. The van der Waals surface area contributed by atoms with Gasteiger partial charge in [-0.05, 0) is 25.1 Å². The first kappa shape index (κ1) is 12.8. The third-order valence-corrected chi connectivity index (χ3v) is 2.79. The minimum Gasteiger partial charge on any atom is -0.380 e. The molecule has 1 N–H and O–H groups in total. The van der Waals surface area contributed by atoms with E-state index in [2.05, 4.69) is 16.5 Å². The van der Waals surface area contributed by atoms with Crippen LogP contribution in [0.2, 0.25) is 0 Å². The van der Waals surface area contributed by atoms with Crippen molar-refractivity contribution in [1.82, 2.24) is 9.78 Å². The summed E-state index contributed by atoms with van der Waals surface area (Å²) in [7, 11) is 1.85. The first-order chi connectivity index (χ1) is 9.10. The van der Waals surface area contributed by atoms with E-state index in [9.17, 15) is 4.79 Å². The normalized spacial score (nSPS) is 9.95. The van der Waals surface area contributed by atoms with Crippen LogP contribution in [0.25, 0.3) is 0 Å². The maximum atomic E-state index is 11.4. The lowest BCUT2D eigenvalue weighted by atomic mass is 10.1. The van der Waals surface area contributed by atoms with Crippen LogP contribution in [0.3, 0.4) is 0 Å². The van der Waals surface area contributed by atoms with Crippen LogP contribution in [0.4, 0.5) is 5.69 Å². The highest BCUT2D eigenvalue weighted by molar-refractivity contribution is 5.95.